The van der Waals surface area contributed by atoms with Gasteiger partial charge in [0.2, 0.25) is 0 Å². The Hall–Kier alpha value is -1.59. The number of guanidine groups is 1. The Morgan fingerprint density at radius 2 is 2.12 bits per heavy atom. The van der Waals surface area contributed by atoms with Crippen LogP contribution in [0.2, 0.25) is 0 Å². The fourth-order valence-corrected chi connectivity index (χ4v) is 3.99. The van der Waals surface area contributed by atoms with Crippen LogP contribution in [0.3, 0.4) is 0 Å². The van der Waals surface area contributed by atoms with Gasteiger partial charge in [-0.2, -0.15) is 0 Å². The van der Waals surface area contributed by atoms with E-state index in [1.54, 1.807) is 0 Å². The zero-order chi connectivity index (χ0) is 18.4. The second-order valence-corrected chi connectivity index (χ2v) is 7.76. The lowest BCUT2D eigenvalue weighted by molar-refractivity contribution is 0.0315. The molecule has 2 saturated heterocycles. The molecule has 2 unspecified atom stereocenters. The van der Waals surface area contributed by atoms with Gasteiger partial charge in [0.1, 0.15) is 0 Å². The number of likely N-dealkylation sites (tertiary alicyclic amines) is 1. The summed E-state index contributed by atoms with van der Waals surface area (Å²) in [5, 5.41) is 3.60. The van der Waals surface area contributed by atoms with Crippen molar-refractivity contribution in [2.75, 3.05) is 59.5 Å². The molecule has 0 radical (unpaired) electrons. The van der Waals surface area contributed by atoms with Crippen LogP contribution in [0.15, 0.2) is 29.3 Å². The Labute approximate surface area is 158 Å². The highest BCUT2D eigenvalue weighted by Crippen LogP contribution is 2.19. The minimum absolute atomic E-state index is 0.471. The van der Waals surface area contributed by atoms with Crippen molar-refractivity contribution in [1.29, 1.82) is 0 Å². The number of nitrogens with one attached hydrogen (secondary N) is 1. The lowest BCUT2D eigenvalue weighted by Gasteiger charge is -2.29. The summed E-state index contributed by atoms with van der Waals surface area (Å²) in [5.74, 6) is 2.26. The highest BCUT2D eigenvalue weighted by atomic mass is 16.5. The molecule has 0 aliphatic carbocycles. The third-order valence-corrected chi connectivity index (χ3v) is 5.59. The van der Waals surface area contributed by atoms with Crippen molar-refractivity contribution < 1.29 is 4.74 Å². The number of hydrogen-bond acceptors (Lipinski definition) is 3. The molecule has 144 valence electrons. The number of ether oxygens (including phenoxy) is 1. The van der Waals surface area contributed by atoms with Crippen molar-refractivity contribution in [3.05, 3.63) is 35.4 Å². The van der Waals surface area contributed by atoms with Crippen LogP contribution in [0.25, 0.3) is 0 Å². The van der Waals surface area contributed by atoms with Crippen molar-refractivity contribution in [2.24, 2.45) is 10.9 Å². The third kappa shape index (κ3) is 5.21. The predicted octanol–water partition coefficient (Wildman–Crippen LogP) is 2.33. The molecule has 0 bridgehead atoms. The van der Waals surface area contributed by atoms with Gasteiger partial charge in [-0.3, -0.25) is 9.89 Å². The van der Waals surface area contributed by atoms with E-state index in [0.29, 0.717) is 5.92 Å². The van der Waals surface area contributed by atoms with Gasteiger partial charge in [-0.25, -0.2) is 0 Å². The minimum Gasteiger partial charge on any atom is -0.379 e. The maximum atomic E-state index is 5.46. The average molecular weight is 359 g/mol. The number of aryl methyl sites for hydroxylation is 1. The molecule has 2 heterocycles. The molecule has 1 aromatic rings. The molecule has 1 N–H and O–H groups in total. The fourth-order valence-electron chi connectivity index (χ4n) is 3.99. The van der Waals surface area contributed by atoms with E-state index in [1.807, 2.05) is 7.05 Å². The van der Waals surface area contributed by atoms with Crippen LogP contribution in [0.1, 0.15) is 30.4 Å². The maximum absolute atomic E-state index is 5.46. The van der Waals surface area contributed by atoms with Crippen LogP contribution in [0.4, 0.5) is 0 Å². The molecule has 26 heavy (non-hydrogen) atoms. The lowest BCUT2D eigenvalue weighted by atomic mass is 9.99. The first kappa shape index (κ1) is 19.2. The zero-order valence-corrected chi connectivity index (χ0v) is 16.6. The van der Waals surface area contributed by atoms with E-state index in [-0.39, 0.29) is 0 Å². The summed E-state index contributed by atoms with van der Waals surface area (Å²) in [4.78, 5) is 9.51. The predicted molar refractivity (Wildman–Crippen MR) is 108 cm³/mol. The molecule has 5 nitrogen and oxygen atoms in total. The molecule has 0 spiro atoms. The summed E-state index contributed by atoms with van der Waals surface area (Å²) >= 11 is 0. The standard InChI is InChI=1S/C21H34N4O/c1-17-5-4-6-20(13-17)18(2)14-23-21(22-3)25-8-7-19(16-25)15-24-9-11-26-12-10-24/h4-6,13,18-19H,7-12,14-16H2,1-3H3,(H,22,23). The van der Waals surface area contributed by atoms with E-state index in [1.165, 1.54) is 24.1 Å². The highest BCUT2D eigenvalue weighted by Gasteiger charge is 2.27. The van der Waals surface area contributed by atoms with Gasteiger partial charge in [-0.15, -0.1) is 0 Å². The van der Waals surface area contributed by atoms with Gasteiger partial charge in [0, 0.05) is 46.3 Å². The molecule has 2 fully saturated rings. The second kappa shape index (κ2) is 9.38. The average Bonchev–Trinajstić information content (AvgIpc) is 3.11. The fraction of sp³-hybridized carbons (Fsp3) is 0.667. The molecule has 2 aliphatic heterocycles. The topological polar surface area (TPSA) is 40.1 Å². The van der Waals surface area contributed by atoms with Crippen LogP contribution in [0.5, 0.6) is 0 Å². The quantitative estimate of drug-likeness (QED) is 0.648. The number of aliphatic imine (C=N–C) groups is 1. The van der Waals surface area contributed by atoms with Crippen LogP contribution < -0.4 is 5.32 Å². The first-order chi connectivity index (χ1) is 12.7. The minimum atomic E-state index is 0.471. The highest BCUT2D eigenvalue weighted by molar-refractivity contribution is 5.80. The maximum Gasteiger partial charge on any atom is 0.193 e. The van der Waals surface area contributed by atoms with Gasteiger partial charge in [-0.05, 0) is 30.7 Å². The largest absolute Gasteiger partial charge is 0.379 e. The second-order valence-electron chi connectivity index (χ2n) is 7.76. The molecule has 0 amide bonds. The molecule has 2 aliphatic rings. The van der Waals surface area contributed by atoms with E-state index in [4.69, 9.17) is 4.74 Å². The first-order valence-corrected chi connectivity index (χ1v) is 9.98. The number of morpholine rings is 1. The van der Waals surface area contributed by atoms with Gasteiger partial charge < -0.3 is 15.0 Å². The van der Waals surface area contributed by atoms with Gasteiger partial charge in [0.15, 0.2) is 5.96 Å². The van der Waals surface area contributed by atoms with Crippen LogP contribution in [-0.2, 0) is 4.74 Å². The van der Waals surface area contributed by atoms with Crippen molar-refractivity contribution in [2.45, 2.75) is 26.2 Å². The number of benzene rings is 1. The summed E-state index contributed by atoms with van der Waals surface area (Å²) in [7, 11) is 1.90. The molecule has 5 heteroatoms. The van der Waals surface area contributed by atoms with Crippen LogP contribution in [-0.4, -0.2) is 75.3 Å². The van der Waals surface area contributed by atoms with Crippen molar-refractivity contribution in [3.8, 4) is 0 Å². The monoisotopic (exact) mass is 358 g/mol. The van der Waals surface area contributed by atoms with E-state index in [9.17, 15) is 0 Å². The van der Waals surface area contributed by atoms with E-state index in [2.05, 4.69) is 58.2 Å². The molecule has 1 aromatic carbocycles. The normalized spacial score (nSPS) is 23.3. The first-order valence-electron chi connectivity index (χ1n) is 9.98. The Kier molecular flexibility index (Phi) is 6.92. The van der Waals surface area contributed by atoms with E-state index < -0.39 is 0 Å². The summed E-state index contributed by atoms with van der Waals surface area (Å²) in [6.45, 7) is 12.7. The Bertz CT molecular complexity index is 597. The lowest BCUT2D eigenvalue weighted by Crippen LogP contribution is -2.43. The zero-order valence-electron chi connectivity index (χ0n) is 16.6. The Balaban J connectivity index is 1.46. The van der Waals surface area contributed by atoms with Crippen LogP contribution >= 0.6 is 0 Å². The molecular weight excluding hydrogens is 324 g/mol. The van der Waals surface area contributed by atoms with Crippen molar-refractivity contribution in [1.82, 2.24) is 15.1 Å². The number of nitrogens with zero attached hydrogens (tertiary/aromatic N) is 3. The van der Waals surface area contributed by atoms with Gasteiger partial charge in [-0.1, -0.05) is 36.8 Å². The third-order valence-electron chi connectivity index (χ3n) is 5.59. The SMILES string of the molecule is CN=C(NCC(C)c1cccc(C)c1)N1CCC(CN2CCOCC2)C1. The molecule has 0 aromatic heterocycles. The van der Waals surface area contributed by atoms with Crippen molar-refractivity contribution in [3.63, 3.8) is 0 Å². The summed E-state index contributed by atoms with van der Waals surface area (Å²) in [5.41, 5.74) is 2.71. The summed E-state index contributed by atoms with van der Waals surface area (Å²) in [6, 6.07) is 8.80. The van der Waals surface area contributed by atoms with Gasteiger partial charge in [0.05, 0.1) is 13.2 Å². The van der Waals surface area contributed by atoms with E-state index >= 15 is 0 Å². The Morgan fingerprint density at radius 3 is 2.85 bits per heavy atom. The van der Waals surface area contributed by atoms with Gasteiger partial charge in [0.25, 0.3) is 0 Å². The summed E-state index contributed by atoms with van der Waals surface area (Å²) < 4.78 is 5.46. The van der Waals surface area contributed by atoms with Crippen LogP contribution in [0, 0.1) is 12.8 Å². The number of hydrogen-bond donors (Lipinski definition) is 1. The van der Waals surface area contributed by atoms with Gasteiger partial charge >= 0.3 is 0 Å². The van der Waals surface area contributed by atoms with E-state index in [0.717, 1.165) is 57.8 Å². The molecule has 0 saturated carbocycles. The Morgan fingerprint density at radius 1 is 1.31 bits per heavy atom. The number of rotatable bonds is 5. The van der Waals surface area contributed by atoms with Crippen molar-refractivity contribution >= 4 is 5.96 Å². The molecule has 3 rings (SSSR count). The molecule has 2 atom stereocenters. The summed E-state index contributed by atoms with van der Waals surface area (Å²) in [6.07, 6.45) is 1.26. The smallest absolute Gasteiger partial charge is 0.193 e. The molecular formula is C21H34N4O.